The number of carbonyl (C=O) groups is 2. The summed E-state index contributed by atoms with van der Waals surface area (Å²) in [6.07, 6.45) is 1.77. The summed E-state index contributed by atoms with van der Waals surface area (Å²) in [7, 11) is -0.297. The molecule has 10 nitrogen and oxygen atoms in total. The van der Waals surface area contributed by atoms with E-state index in [0.717, 1.165) is 22.7 Å². The molecular weight excluding hydrogens is 701 g/mol. The third kappa shape index (κ3) is 9.41. The molecule has 0 fully saturated rings. The van der Waals surface area contributed by atoms with Gasteiger partial charge in [-0.25, -0.2) is 8.42 Å². The van der Waals surface area contributed by atoms with Gasteiger partial charge in [-0.1, -0.05) is 85.1 Å². The van der Waals surface area contributed by atoms with Gasteiger partial charge in [0.15, 0.2) is 11.5 Å². The van der Waals surface area contributed by atoms with Crippen LogP contribution in [0.3, 0.4) is 0 Å². The number of halogens is 2. The van der Waals surface area contributed by atoms with Crippen LogP contribution < -0.4 is 23.8 Å². The van der Waals surface area contributed by atoms with E-state index >= 15 is 0 Å². The van der Waals surface area contributed by atoms with Gasteiger partial charge in [-0.05, 0) is 53.9 Å². The second kappa shape index (κ2) is 18.0. The molecule has 4 aromatic rings. The lowest BCUT2D eigenvalue weighted by Gasteiger charge is -2.34. The third-order valence-electron chi connectivity index (χ3n) is 8.03. The number of anilines is 1. The number of amides is 2. The van der Waals surface area contributed by atoms with Gasteiger partial charge in [-0.3, -0.25) is 13.9 Å². The Morgan fingerprint density at radius 1 is 0.820 bits per heavy atom. The van der Waals surface area contributed by atoms with Crippen molar-refractivity contribution in [2.24, 2.45) is 0 Å². The van der Waals surface area contributed by atoms with E-state index in [4.69, 9.17) is 37.4 Å². The van der Waals surface area contributed by atoms with Gasteiger partial charge in [-0.2, -0.15) is 0 Å². The minimum atomic E-state index is -4.51. The highest BCUT2D eigenvalue weighted by atomic mass is 35.5. The first kappa shape index (κ1) is 38.4. The summed E-state index contributed by atoms with van der Waals surface area (Å²) in [5.41, 5.74) is 1.41. The summed E-state index contributed by atoms with van der Waals surface area (Å²) in [5.74, 6) is -0.398. The van der Waals surface area contributed by atoms with Crippen LogP contribution in [0.5, 0.6) is 17.2 Å². The molecule has 0 aliphatic carbocycles. The van der Waals surface area contributed by atoms with E-state index in [-0.39, 0.29) is 46.0 Å². The number of sulfonamides is 1. The Hall–Kier alpha value is -4.45. The van der Waals surface area contributed by atoms with E-state index < -0.39 is 28.5 Å². The summed E-state index contributed by atoms with van der Waals surface area (Å²) < 4.78 is 46.3. The van der Waals surface area contributed by atoms with E-state index in [0.29, 0.717) is 22.9 Å². The van der Waals surface area contributed by atoms with Crippen LogP contribution in [-0.2, 0) is 32.6 Å². The molecule has 2 amide bonds. The molecule has 4 aromatic carbocycles. The Kier molecular flexibility index (Phi) is 13.8. The molecule has 0 heterocycles. The molecule has 0 aliphatic heterocycles. The molecule has 1 unspecified atom stereocenters. The van der Waals surface area contributed by atoms with Gasteiger partial charge < -0.3 is 24.4 Å². The molecule has 1 atom stereocenters. The number of nitrogens with zero attached hydrogens (tertiary/aromatic N) is 2. The number of ether oxygens (including phenoxy) is 3. The highest BCUT2D eigenvalue weighted by molar-refractivity contribution is 7.92. The average molecular weight is 743 g/mol. The standard InChI is InChI=1S/C37H41Cl2N3O7S/c1-5-6-20-40-37(44)32(21-26-12-8-7-9-13-26)41(24-27-14-10-11-15-30(27)39)36(43)25-42(31-22-28(38)16-18-33(31)47-2)50(45,46)29-17-19-34(48-3)35(23-29)49-4/h7-19,22-23,32H,5-6,20-21,24-25H2,1-4H3,(H,40,44). The van der Waals surface area contributed by atoms with Crippen molar-refractivity contribution in [1.29, 1.82) is 0 Å². The van der Waals surface area contributed by atoms with Crippen LogP contribution in [0.1, 0.15) is 30.9 Å². The summed E-state index contributed by atoms with van der Waals surface area (Å²) in [5, 5.41) is 3.57. The fourth-order valence-corrected chi connectivity index (χ4v) is 7.14. The predicted molar refractivity (Wildman–Crippen MR) is 196 cm³/mol. The fraction of sp³-hybridized carbons (Fsp3) is 0.297. The van der Waals surface area contributed by atoms with E-state index in [1.807, 2.05) is 37.3 Å². The van der Waals surface area contributed by atoms with Gasteiger partial charge in [0.2, 0.25) is 11.8 Å². The normalized spacial score (nSPS) is 11.7. The third-order valence-corrected chi connectivity index (χ3v) is 10.4. The monoisotopic (exact) mass is 741 g/mol. The molecule has 4 rings (SSSR count). The first-order valence-corrected chi connectivity index (χ1v) is 18.2. The van der Waals surface area contributed by atoms with Crippen molar-refractivity contribution in [3.05, 3.63) is 112 Å². The van der Waals surface area contributed by atoms with Crippen LogP contribution in [0, 0.1) is 0 Å². The number of unbranched alkanes of at least 4 members (excludes halogenated alkanes) is 1. The molecule has 0 aliphatic rings. The number of hydrogen-bond acceptors (Lipinski definition) is 7. The smallest absolute Gasteiger partial charge is 0.265 e. The zero-order valence-corrected chi connectivity index (χ0v) is 30.7. The molecule has 0 bridgehead atoms. The SMILES string of the molecule is CCCCNC(=O)C(Cc1ccccc1)N(Cc1ccccc1Cl)C(=O)CN(c1cc(Cl)ccc1OC)S(=O)(=O)c1ccc(OC)c(OC)c1. The first-order chi connectivity index (χ1) is 24.0. The maximum Gasteiger partial charge on any atom is 0.265 e. The van der Waals surface area contributed by atoms with Crippen LogP contribution in [0.4, 0.5) is 5.69 Å². The number of nitrogens with one attached hydrogen (secondary N) is 1. The molecule has 0 saturated heterocycles. The number of carbonyl (C=O) groups excluding carboxylic acids is 2. The average Bonchev–Trinajstić information content (AvgIpc) is 3.12. The molecule has 266 valence electrons. The van der Waals surface area contributed by atoms with Crippen LogP contribution in [0.15, 0.2) is 95.9 Å². The van der Waals surface area contributed by atoms with Crippen molar-refractivity contribution >= 4 is 50.7 Å². The summed E-state index contributed by atoms with van der Waals surface area (Å²) in [4.78, 5) is 29.9. The molecular formula is C37H41Cl2N3O7S. The van der Waals surface area contributed by atoms with E-state index in [9.17, 15) is 18.0 Å². The van der Waals surface area contributed by atoms with Crippen molar-refractivity contribution in [3.63, 3.8) is 0 Å². The van der Waals surface area contributed by atoms with Crippen molar-refractivity contribution in [3.8, 4) is 17.2 Å². The van der Waals surface area contributed by atoms with E-state index in [2.05, 4.69) is 5.32 Å². The first-order valence-electron chi connectivity index (χ1n) is 16.0. The van der Waals surface area contributed by atoms with Crippen molar-refractivity contribution in [2.75, 3.05) is 38.7 Å². The predicted octanol–water partition coefficient (Wildman–Crippen LogP) is 6.77. The van der Waals surface area contributed by atoms with Gasteiger partial charge >= 0.3 is 0 Å². The number of benzene rings is 4. The van der Waals surface area contributed by atoms with Crippen LogP contribution in [-0.4, -0.2) is 65.6 Å². The minimum Gasteiger partial charge on any atom is -0.495 e. The van der Waals surface area contributed by atoms with Crippen molar-refractivity contribution < 1.29 is 32.2 Å². The van der Waals surface area contributed by atoms with Gasteiger partial charge in [-0.15, -0.1) is 0 Å². The maximum atomic E-state index is 14.8. The highest BCUT2D eigenvalue weighted by Gasteiger charge is 2.36. The lowest BCUT2D eigenvalue weighted by molar-refractivity contribution is -0.140. The lowest BCUT2D eigenvalue weighted by Crippen LogP contribution is -2.53. The second-order valence-corrected chi connectivity index (χ2v) is 14.0. The number of methoxy groups -OCH3 is 3. The topological polar surface area (TPSA) is 114 Å². The fourth-order valence-electron chi connectivity index (χ4n) is 5.35. The van der Waals surface area contributed by atoms with Crippen LogP contribution in [0.25, 0.3) is 0 Å². The van der Waals surface area contributed by atoms with Crippen molar-refractivity contribution in [2.45, 2.75) is 43.7 Å². The number of hydrogen-bond donors (Lipinski definition) is 1. The maximum absolute atomic E-state index is 14.8. The summed E-state index contributed by atoms with van der Waals surface area (Å²) in [6, 6.07) is 23.9. The minimum absolute atomic E-state index is 0.0211. The largest absolute Gasteiger partial charge is 0.495 e. The highest BCUT2D eigenvalue weighted by Crippen LogP contribution is 2.37. The quantitative estimate of drug-likeness (QED) is 0.119. The molecule has 0 spiro atoms. The van der Waals surface area contributed by atoms with E-state index in [1.165, 1.54) is 56.6 Å². The Morgan fingerprint density at radius 2 is 1.48 bits per heavy atom. The Bertz CT molecular complexity index is 1880. The molecule has 1 N–H and O–H groups in total. The van der Waals surface area contributed by atoms with Gasteiger partial charge in [0.1, 0.15) is 18.3 Å². The molecule has 0 aromatic heterocycles. The number of rotatable bonds is 17. The summed E-state index contributed by atoms with van der Waals surface area (Å²) in [6.45, 7) is 1.63. The summed E-state index contributed by atoms with van der Waals surface area (Å²) >= 11 is 13.0. The van der Waals surface area contributed by atoms with Gasteiger partial charge in [0.25, 0.3) is 10.0 Å². The molecule has 13 heteroatoms. The Morgan fingerprint density at radius 3 is 2.14 bits per heavy atom. The zero-order chi connectivity index (χ0) is 36.3. The van der Waals surface area contributed by atoms with Gasteiger partial charge in [0, 0.05) is 35.6 Å². The second-order valence-electron chi connectivity index (χ2n) is 11.3. The molecule has 0 radical (unpaired) electrons. The molecule has 50 heavy (non-hydrogen) atoms. The molecule has 0 saturated carbocycles. The lowest BCUT2D eigenvalue weighted by atomic mass is 10.0. The van der Waals surface area contributed by atoms with Gasteiger partial charge in [0.05, 0.1) is 31.9 Å². The zero-order valence-electron chi connectivity index (χ0n) is 28.4. The Labute approximate surface area is 303 Å². The van der Waals surface area contributed by atoms with Crippen molar-refractivity contribution in [1.82, 2.24) is 10.2 Å². The Balaban J connectivity index is 1.88. The van der Waals surface area contributed by atoms with Crippen LogP contribution in [0.2, 0.25) is 10.0 Å². The van der Waals surface area contributed by atoms with E-state index in [1.54, 1.807) is 30.3 Å². The van der Waals surface area contributed by atoms with Crippen LogP contribution >= 0.6 is 23.2 Å².